The predicted molar refractivity (Wildman–Crippen MR) is 67.4 cm³/mol. The fourth-order valence-electron chi connectivity index (χ4n) is 1.58. The molecular formula is C12H15F3N2O3. The summed E-state index contributed by atoms with van der Waals surface area (Å²) in [6.07, 6.45) is -4.80. The molecule has 0 aliphatic heterocycles. The van der Waals surface area contributed by atoms with Crippen LogP contribution in [-0.2, 0) is 6.18 Å². The molecule has 0 saturated heterocycles. The van der Waals surface area contributed by atoms with Crippen LogP contribution in [0.2, 0.25) is 0 Å². The van der Waals surface area contributed by atoms with Gasteiger partial charge in [-0.15, -0.1) is 0 Å². The third kappa shape index (κ3) is 3.83. The van der Waals surface area contributed by atoms with Crippen LogP contribution >= 0.6 is 0 Å². The van der Waals surface area contributed by atoms with E-state index in [0.717, 1.165) is 6.07 Å². The van der Waals surface area contributed by atoms with Gasteiger partial charge in [0.05, 0.1) is 4.92 Å². The van der Waals surface area contributed by atoms with Crippen LogP contribution in [-0.4, -0.2) is 22.7 Å². The van der Waals surface area contributed by atoms with Crippen molar-refractivity contribution >= 4 is 11.4 Å². The predicted octanol–water partition coefficient (Wildman–Crippen LogP) is 3.04. The number of aliphatic hydroxyl groups is 1. The summed E-state index contributed by atoms with van der Waals surface area (Å²) in [4.78, 5) is 9.55. The minimum Gasteiger partial charge on any atom is -0.396 e. The quantitative estimate of drug-likeness (QED) is 0.646. The lowest BCUT2D eigenvalue weighted by Crippen LogP contribution is -2.26. The van der Waals surface area contributed by atoms with Gasteiger partial charge in [0.25, 0.3) is 5.69 Å². The Labute approximate surface area is 113 Å². The fourth-order valence-corrected chi connectivity index (χ4v) is 1.58. The highest BCUT2D eigenvalue weighted by molar-refractivity contribution is 5.55. The zero-order valence-corrected chi connectivity index (χ0v) is 10.9. The van der Waals surface area contributed by atoms with E-state index >= 15 is 0 Å². The molecule has 0 saturated carbocycles. The maximum atomic E-state index is 12.8. The number of nitro benzene ring substituents is 1. The monoisotopic (exact) mass is 292 g/mol. The van der Waals surface area contributed by atoms with Crippen molar-refractivity contribution in [3.63, 3.8) is 0 Å². The molecule has 0 aliphatic carbocycles. The Hall–Kier alpha value is -1.83. The van der Waals surface area contributed by atoms with Crippen molar-refractivity contribution in [2.75, 3.05) is 11.9 Å². The highest BCUT2D eigenvalue weighted by Crippen LogP contribution is 2.37. The molecule has 0 aliphatic rings. The van der Waals surface area contributed by atoms with Crippen molar-refractivity contribution in [2.45, 2.75) is 26.1 Å². The summed E-state index contributed by atoms with van der Waals surface area (Å²) in [5.41, 5.74) is -2.15. The molecule has 0 spiro atoms. The van der Waals surface area contributed by atoms with Gasteiger partial charge in [-0.1, -0.05) is 6.92 Å². The van der Waals surface area contributed by atoms with Crippen LogP contribution in [0.5, 0.6) is 0 Å². The molecule has 0 radical (unpaired) electrons. The van der Waals surface area contributed by atoms with Crippen molar-refractivity contribution in [1.29, 1.82) is 0 Å². The number of aliphatic hydroxyl groups excluding tert-OH is 1. The number of alkyl halides is 3. The van der Waals surface area contributed by atoms with Gasteiger partial charge >= 0.3 is 6.18 Å². The topological polar surface area (TPSA) is 75.4 Å². The van der Waals surface area contributed by atoms with Crippen LogP contribution in [0.15, 0.2) is 18.2 Å². The molecule has 1 rings (SSSR count). The number of hydrogen-bond acceptors (Lipinski definition) is 4. The summed E-state index contributed by atoms with van der Waals surface area (Å²) in [6, 6.07) is 2.47. The van der Waals surface area contributed by atoms with Crippen LogP contribution in [0.3, 0.4) is 0 Å². The number of hydrogen-bond donors (Lipinski definition) is 2. The van der Waals surface area contributed by atoms with Crippen molar-refractivity contribution < 1.29 is 23.2 Å². The summed E-state index contributed by atoms with van der Waals surface area (Å²) in [5, 5.41) is 22.4. The summed E-state index contributed by atoms with van der Waals surface area (Å²) in [6.45, 7) is 3.32. The standard InChI is InChI=1S/C12H15F3N2O3/c1-7(6-18)8(2)16-9-3-4-11(17(19)20)10(5-9)12(13,14)15/h3-5,7-8,16,18H,6H2,1-2H3. The number of nitro groups is 1. The second-order valence-corrected chi connectivity index (χ2v) is 4.58. The molecule has 112 valence electrons. The van der Waals surface area contributed by atoms with Crippen molar-refractivity contribution in [3.8, 4) is 0 Å². The van der Waals surface area contributed by atoms with E-state index in [-0.39, 0.29) is 24.3 Å². The van der Waals surface area contributed by atoms with Gasteiger partial charge in [-0.05, 0) is 25.0 Å². The average Bonchev–Trinajstić information content (AvgIpc) is 2.36. The van der Waals surface area contributed by atoms with E-state index in [0.29, 0.717) is 6.07 Å². The van der Waals surface area contributed by atoms with E-state index in [2.05, 4.69) is 5.32 Å². The number of anilines is 1. The third-order valence-electron chi connectivity index (χ3n) is 3.03. The summed E-state index contributed by atoms with van der Waals surface area (Å²) >= 11 is 0. The maximum absolute atomic E-state index is 12.8. The van der Waals surface area contributed by atoms with Gasteiger partial charge in [-0.25, -0.2) is 0 Å². The minimum atomic E-state index is -4.80. The Balaban J connectivity index is 3.11. The minimum absolute atomic E-state index is 0.118. The first-order valence-corrected chi connectivity index (χ1v) is 5.89. The molecule has 0 heterocycles. The van der Waals surface area contributed by atoms with E-state index in [1.54, 1.807) is 13.8 Å². The lowest BCUT2D eigenvalue weighted by Gasteiger charge is -2.21. The molecule has 2 atom stereocenters. The first-order chi connectivity index (χ1) is 9.16. The van der Waals surface area contributed by atoms with Crippen LogP contribution in [0.4, 0.5) is 24.5 Å². The van der Waals surface area contributed by atoms with Crippen LogP contribution in [0.25, 0.3) is 0 Å². The largest absolute Gasteiger partial charge is 0.423 e. The Morgan fingerprint density at radius 3 is 2.45 bits per heavy atom. The molecule has 0 aromatic heterocycles. The van der Waals surface area contributed by atoms with E-state index < -0.39 is 22.4 Å². The summed E-state index contributed by atoms with van der Waals surface area (Å²) in [7, 11) is 0. The zero-order chi connectivity index (χ0) is 15.5. The molecule has 1 aromatic rings. The normalized spacial score (nSPS) is 14.7. The lowest BCUT2D eigenvalue weighted by atomic mass is 10.0. The molecule has 0 bridgehead atoms. The lowest BCUT2D eigenvalue weighted by molar-refractivity contribution is -0.388. The molecule has 2 unspecified atom stereocenters. The van der Waals surface area contributed by atoms with Gasteiger partial charge in [0.15, 0.2) is 0 Å². The van der Waals surface area contributed by atoms with Gasteiger partial charge in [0.1, 0.15) is 5.56 Å². The summed E-state index contributed by atoms with van der Waals surface area (Å²) in [5.74, 6) is -0.167. The number of halogens is 3. The van der Waals surface area contributed by atoms with Crippen LogP contribution in [0, 0.1) is 16.0 Å². The van der Waals surface area contributed by atoms with Gasteiger partial charge in [-0.3, -0.25) is 10.1 Å². The smallest absolute Gasteiger partial charge is 0.396 e. The zero-order valence-electron chi connectivity index (χ0n) is 10.9. The maximum Gasteiger partial charge on any atom is 0.423 e. The highest BCUT2D eigenvalue weighted by Gasteiger charge is 2.38. The third-order valence-corrected chi connectivity index (χ3v) is 3.03. The average molecular weight is 292 g/mol. The number of rotatable bonds is 5. The van der Waals surface area contributed by atoms with E-state index in [1.807, 2.05) is 0 Å². The van der Waals surface area contributed by atoms with Crippen molar-refractivity contribution in [1.82, 2.24) is 0 Å². The van der Waals surface area contributed by atoms with Crippen molar-refractivity contribution in [3.05, 3.63) is 33.9 Å². The number of nitrogens with one attached hydrogen (secondary N) is 1. The van der Waals surface area contributed by atoms with E-state index in [1.165, 1.54) is 6.07 Å². The Bertz CT molecular complexity index is 491. The van der Waals surface area contributed by atoms with Crippen LogP contribution < -0.4 is 5.32 Å². The van der Waals surface area contributed by atoms with E-state index in [9.17, 15) is 23.3 Å². The molecule has 8 heteroatoms. The molecule has 2 N–H and O–H groups in total. The second-order valence-electron chi connectivity index (χ2n) is 4.58. The molecule has 20 heavy (non-hydrogen) atoms. The van der Waals surface area contributed by atoms with Gasteiger partial charge in [0, 0.05) is 24.4 Å². The SMILES string of the molecule is CC(CO)C(C)Nc1ccc([N+](=O)[O-])c(C(F)(F)F)c1. The Morgan fingerprint density at radius 1 is 1.40 bits per heavy atom. The van der Waals surface area contributed by atoms with E-state index in [4.69, 9.17) is 5.11 Å². The first-order valence-electron chi connectivity index (χ1n) is 5.89. The molecule has 0 amide bonds. The second kappa shape index (κ2) is 6.08. The Kier molecular flexibility index (Phi) is 4.93. The van der Waals surface area contributed by atoms with Crippen molar-refractivity contribution in [2.24, 2.45) is 5.92 Å². The molecule has 5 nitrogen and oxygen atoms in total. The number of benzene rings is 1. The highest BCUT2D eigenvalue weighted by atomic mass is 19.4. The molecular weight excluding hydrogens is 277 g/mol. The van der Waals surface area contributed by atoms with Gasteiger partial charge in [0.2, 0.25) is 0 Å². The summed E-state index contributed by atoms with van der Waals surface area (Å²) < 4.78 is 38.3. The van der Waals surface area contributed by atoms with Crippen LogP contribution in [0.1, 0.15) is 19.4 Å². The van der Waals surface area contributed by atoms with Gasteiger partial charge < -0.3 is 10.4 Å². The number of nitrogens with zero attached hydrogens (tertiary/aromatic N) is 1. The van der Waals surface area contributed by atoms with Gasteiger partial charge in [-0.2, -0.15) is 13.2 Å². The Morgan fingerprint density at radius 2 is 2.00 bits per heavy atom. The first kappa shape index (κ1) is 16.2. The fraction of sp³-hybridized carbons (Fsp3) is 0.500. The molecule has 0 fully saturated rings. The molecule has 1 aromatic carbocycles.